The third-order valence-corrected chi connectivity index (χ3v) is 5.59. The minimum atomic E-state index is -2.79. The summed E-state index contributed by atoms with van der Waals surface area (Å²) in [6, 6.07) is 15.3. The molecule has 1 saturated carbocycles. The summed E-state index contributed by atoms with van der Waals surface area (Å²) in [6.07, 6.45) is 9.53. The second-order valence-corrected chi connectivity index (χ2v) is 7.49. The lowest BCUT2D eigenvalue weighted by molar-refractivity contribution is -0.0498. The van der Waals surface area contributed by atoms with Crippen LogP contribution in [0.25, 0.3) is 11.1 Å². The van der Waals surface area contributed by atoms with Crippen LogP contribution >= 0.6 is 11.6 Å². The van der Waals surface area contributed by atoms with Gasteiger partial charge in [0, 0.05) is 5.54 Å². The van der Waals surface area contributed by atoms with Gasteiger partial charge in [-0.2, -0.15) is 8.78 Å². The summed E-state index contributed by atoms with van der Waals surface area (Å²) in [4.78, 5) is 0. The average Bonchev–Trinajstić information content (AvgIpc) is 2.68. The van der Waals surface area contributed by atoms with E-state index in [-0.39, 0.29) is 5.75 Å². The molecule has 1 fully saturated rings. The quantitative estimate of drug-likeness (QED) is 0.477. The fourth-order valence-corrected chi connectivity index (χ4v) is 4.04. The number of rotatable bonds is 7. The topological polar surface area (TPSA) is 9.23 Å². The minimum absolute atomic E-state index is 0.182. The molecule has 0 bridgehead atoms. The van der Waals surface area contributed by atoms with Gasteiger partial charge >= 0.3 is 6.61 Å². The van der Waals surface area contributed by atoms with Crippen molar-refractivity contribution in [1.82, 2.24) is 0 Å². The van der Waals surface area contributed by atoms with Crippen LogP contribution in [0, 0.1) is 11.8 Å². The molecule has 0 radical (unpaired) electrons. The number of allylic oxidation sites excluding steroid dienone is 1. The van der Waals surface area contributed by atoms with E-state index in [1.807, 2.05) is 0 Å². The van der Waals surface area contributed by atoms with Crippen LogP contribution < -0.4 is 4.74 Å². The number of aryl methyl sites for hydroxylation is 1. The van der Waals surface area contributed by atoms with Gasteiger partial charge in [-0.25, -0.2) is 0 Å². The Bertz CT molecular complexity index is 717. The molecule has 27 heavy (non-hydrogen) atoms. The Morgan fingerprint density at radius 3 is 2.07 bits per heavy atom. The van der Waals surface area contributed by atoms with Crippen molar-refractivity contribution in [2.75, 3.05) is 0 Å². The molecule has 4 heteroatoms. The van der Waals surface area contributed by atoms with Crippen LogP contribution in [-0.4, -0.2) is 6.61 Å². The van der Waals surface area contributed by atoms with Crippen LogP contribution in [0.2, 0.25) is 0 Å². The molecule has 3 rings (SSSR count). The van der Waals surface area contributed by atoms with E-state index in [2.05, 4.69) is 35.1 Å². The standard InChI is InChI=1S/C23H25ClF2O/c24-16-15-19-5-3-17(4-6-19)1-2-18-7-9-20(10-8-18)21-11-13-22(14-12-21)27-23(25)26/h7-17,19,23H,1-6H2/b16-15+. The molecule has 2 aromatic rings. The van der Waals surface area contributed by atoms with E-state index < -0.39 is 6.61 Å². The highest BCUT2D eigenvalue weighted by Crippen LogP contribution is 2.32. The van der Waals surface area contributed by atoms with Crippen LogP contribution in [0.1, 0.15) is 37.7 Å². The molecule has 0 saturated heterocycles. The van der Waals surface area contributed by atoms with E-state index in [1.165, 1.54) is 37.7 Å². The first-order chi connectivity index (χ1) is 13.1. The zero-order chi connectivity index (χ0) is 19.1. The number of ether oxygens (including phenoxy) is 1. The first-order valence-corrected chi connectivity index (χ1v) is 9.99. The third-order valence-electron chi connectivity index (χ3n) is 5.44. The molecule has 1 aliphatic rings. The van der Waals surface area contributed by atoms with Crippen molar-refractivity contribution in [2.24, 2.45) is 11.8 Å². The lowest BCUT2D eigenvalue weighted by Crippen LogP contribution is -2.13. The maximum Gasteiger partial charge on any atom is 0.387 e. The van der Waals surface area contributed by atoms with Gasteiger partial charge in [-0.15, -0.1) is 0 Å². The second-order valence-electron chi connectivity index (χ2n) is 7.24. The Morgan fingerprint density at radius 2 is 1.52 bits per heavy atom. The Kier molecular flexibility index (Phi) is 7.28. The van der Waals surface area contributed by atoms with Gasteiger partial charge in [0.15, 0.2) is 0 Å². The number of hydrogen-bond acceptors (Lipinski definition) is 1. The predicted octanol–water partition coefficient (Wildman–Crippen LogP) is 7.45. The van der Waals surface area contributed by atoms with Crippen LogP contribution in [0.3, 0.4) is 0 Å². The highest BCUT2D eigenvalue weighted by molar-refractivity contribution is 6.25. The summed E-state index contributed by atoms with van der Waals surface area (Å²) in [7, 11) is 0. The van der Waals surface area contributed by atoms with Crippen LogP contribution in [0.5, 0.6) is 5.75 Å². The first kappa shape index (κ1) is 19.9. The summed E-state index contributed by atoms with van der Waals surface area (Å²) in [5.41, 5.74) is 5.08. The lowest BCUT2D eigenvalue weighted by Gasteiger charge is -2.26. The van der Waals surface area contributed by atoms with Crippen molar-refractivity contribution >= 4 is 11.6 Å². The maximum absolute atomic E-state index is 12.2. The highest BCUT2D eigenvalue weighted by Gasteiger charge is 2.19. The second kappa shape index (κ2) is 9.89. The fraction of sp³-hybridized carbons (Fsp3) is 0.391. The summed E-state index contributed by atoms with van der Waals surface area (Å²) in [5, 5.41) is 0. The van der Waals surface area contributed by atoms with Crippen LogP contribution in [0.15, 0.2) is 60.1 Å². The Morgan fingerprint density at radius 1 is 0.926 bits per heavy atom. The molecule has 1 aliphatic carbocycles. The van der Waals surface area contributed by atoms with Crippen molar-refractivity contribution in [2.45, 2.75) is 45.1 Å². The Labute approximate surface area is 165 Å². The van der Waals surface area contributed by atoms with Crippen molar-refractivity contribution < 1.29 is 13.5 Å². The van der Waals surface area contributed by atoms with Crippen molar-refractivity contribution in [3.63, 3.8) is 0 Å². The molecule has 0 heterocycles. The third kappa shape index (κ3) is 6.07. The van der Waals surface area contributed by atoms with E-state index in [0.29, 0.717) is 5.92 Å². The van der Waals surface area contributed by atoms with E-state index in [0.717, 1.165) is 23.5 Å². The van der Waals surface area contributed by atoms with Gasteiger partial charge in [0.25, 0.3) is 0 Å². The SMILES string of the molecule is FC(F)Oc1ccc(-c2ccc(CCC3CCC(/C=C/Cl)CC3)cc2)cc1. The van der Waals surface area contributed by atoms with Gasteiger partial charge in [0.2, 0.25) is 0 Å². The molecule has 0 spiro atoms. The Balaban J connectivity index is 1.50. The normalized spacial score (nSPS) is 20.3. The molecular formula is C23H25ClF2O. The summed E-state index contributed by atoms with van der Waals surface area (Å²) >= 11 is 5.68. The largest absolute Gasteiger partial charge is 0.435 e. The van der Waals surface area contributed by atoms with Gasteiger partial charge in [-0.3, -0.25) is 0 Å². The van der Waals surface area contributed by atoms with E-state index >= 15 is 0 Å². The monoisotopic (exact) mass is 390 g/mol. The Hall–Kier alpha value is -1.87. The summed E-state index contributed by atoms with van der Waals surface area (Å²) in [6.45, 7) is -2.79. The molecule has 0 aromatic heterocycles. The molecule has 144 valence electrons. The maximum atomic E-state index is 12.2. The van der Waals surface area contributed by atoms with Gasteiger partial charge in [0.05, 0.1) is 0 Å². The smallest absolute Gasteiger partial charge is 0.387 e. The molecule has 0 amide bonds. The molecule has 0 N–H and O–H groups in total. The molecule has 0 aliphatic heterocycles. The van der Waals surface area contributed by atoms with Gasteiger partial charge in [0.1, 0.15) is 5.75 Å². The molecule has 2 aromatic carbocycles. The van der Waals surface area contributed by atoms with Gasteiger partial charge in [-0.05, 0) is 79.2 Å². The van der Waals surface area contributed by atoms with Crippen LogP contribution in [0.4, 0.5) is 8.78 Å². The lowest BCUT2D eigenvalue weighted by atomic mass is 9.79. The number of hydrogen-bond donors (Lipinski definition) is 0. The first-order valence-electron chi connectivity index (χ1n) is 9.55. The van der Waals surface area contributed by atoms with Gasteiger partial charge < -0.3 is 4.74 Å². The highest BCUT2D eigenvalue weighted by atomic mass is 35.5. The van der Waals surface area contributed by atoms with E-state index in [1.54, 1.807) is 29.8 Å². The van der Waals surface area contributed by atoms with E-state index in [4.69, 9.17) is 11.6 Å². The summed E-state index contributed by atoms with van der Waals surface area (Å²) in [5.74, 6) is 1.66. The van der Waals surface area contributed by atoms with E-state index in [9.17, 15) is 8.78 Å². The average molecular weight is 391 g/mol. The van der Waals surface area contributed by atoms with Crippen molar-refractivity contribution in [3.8, 4) is 16.9 Å². The number of halogens is 3. The predicted molar refractivity (Wildman–Crippen MR) is 107 cm³/mol. The number of benzene rings is 2. The van der Waals surface area contributed by atoms with Crippen molar-refractivity contribution in [1.29, 1.82) is 0 Å². The zero-order valence-corrected chi connectivity index (χ0v) is 16.0. The minimum Gasteiger partial charge on any atom is -0.435 e. The van der Waals surface area contributed by atoms with Gasteiger partial charge in [-0.1, -0.05) is 54.1 Å². The fourth-order valence-electron chi connectivity index (χ4n) is 3.84. The number of alkyl halides is 2. The molecule has 1 nitrogen and oxygen atoms in total. The molecular weight excluding hydrogens is 366 g/mol. The molecule has 0 atom stereocenters. The summed E-state index contributed by atoms with van der Waals surface area (Å²) < 4.78 is 28.8. The molecule has 0 unspecified atom stereocenters. The van der Waals surface area contributed by atoms with Crippen LogP contribution in [-0.2, 0) is 6.42 Å². The van der Waals surface area contributed by atoms with Crippen molar-refractivity contribution in [3.05, 3.63) is 65.7 Å². The zero-order valence-electron chi connectivity index (χ0n) is 15.3.